The predicted molar refractivity (Wildman–Crippen MR) is 114 cm³/mol. The van der Waals surface area contributed by atoms with Gasteiger partial charge in [0, 0.05) is 5.56 Å². The van der Waals surface area contributed by atoms with Crippen LogP contribution in [0.3, 0.4) is 0 Å². The van der Waals surface area contributed by atoms with Crippen LogP contribution in [0, 0.1) is 0 Å². The molecule has 0 fully saturated rings. The molecular formula is C22H30N2O3S. The lowest BCUT2D eigenvalue weighted by Crippen LogP contribution is -2.16. The zero-order valence-electron chi connectivity index (χ0n) is 16.8. The van der Waals surface area contributed by atoms with E-state index in [9.17, 15) is 4.21 Å². The molecule has 1 heterocycles. The summed E-state index contributed by atoms with van der Waals surface area (Å²) < 4.78 is 24.6. The average Bonchev–Trinajstić information content (AvgIpc) is 2.99. The molecule has 3 rings (SSSR count). The van der Waals surface area contributed by atoms with E-state index in [-0.39, 0.29) is 0 Å². The maximum Gasteiger partial charge on any atom is 0.120 e. The van der Waals surface area contributed by atoms with Crippen molar-refractivity contribution in [2.75, 3.05) is 39.4 Å². The summed E-state index contributed by atoms with van der Waals surface area (Å²) in [6, 6.07) is 11.7. The van der Waals surface area contributed by atoms with Gasteiger partial charge in [-0.1, -0.05) is 13.8 Å². The van der Waals surface area contributed by atoms with Crippen LogP contribution in [0.15, 0.2) is 46.2 Å². The number of rotatable bonds is 12. The second kappa shape index (κ2) is 10.6. The second-order valence-electron chi connectivity index (χ2n) is 6.70. The lowest BCUT2D eigenvalue weighted by Gasteiger charge is -2.09. The largest absolute Gasteiger partial charge is 0.494 e. The van der Waals surface area contributed by atoms with Crippen LogP contribution >= 0.6 is 0 Å². The highest BCUT2D eigenvalue weighted by Crippen LogP contribution is 2.43. The summed E-state index contributed by atoms with van der Waals surface area (Å²) in [5.74, 6) is 1.60. The molecule has 1 aliphatic heterocycles. The highest BCUT2D eigenvalue weighted by Gasteiger charge is 2.26. The lowest BCUT2D eigenvalue weighted by atomic mass is 10.1. The normalized spacial score (nSPS) is 14.6. The van der Waals surface area contributed by atoms with Gasteiger partial charge in [0.05, 0.1) is 33.8 Å². The fraction of sp³-hybridized carbons (Fsp3) is 0.455. The third-order valence-corrected chi connectivity index (χ3v) is 6.12. The van der Waals surface area contributed by atoms with Crippen molar-refractivity contribution in [1.29, 1.82) is 0 Å². The van der Waals surface area contributed by atoms with Crippen molar-refractivity contribution >= 4 is 10.8 Å². The third kappa shape index (κ3) is 5.13. The second-order valence-corrected chi connectivity index (χ2v) is 8.11. The van der Waals surface area contributed by atoms with Crippen LogP contribution in [0.25, 0.3) is 11.1 Å². The van der Waals surface area contributed by atoms with E-state index in [1.54, 1.807) is 0 Å². The predicted octanol–water partition coefficient (Wildman–Crippen LogP) is 3.59. The molecular weight excluding hydrogens is 372 g/mol. The van der Waals surface area contributed by atoms with Gasteiger partial charge in [0.25, 0.3) is 0 Å². The summed E-state index contributed by atoms with van der Waals surface area (Å²) in [7, 11) is -1.17. The van der Waals surface area contributed by atoms with Gasteiger partial charge in [0.15, 0.2) is 0 Å². The number of fused-ring (bicyclic) bond motifs is 3. The Bertz CT molecular complexity index is 810. The summed E-state index contributed by atoms with van der Waals surface area (Å²) in [6.07, 6.45) is 1.91. The first-order valence-corrected chi connectivity index (χ1v) is 11.3. The Labute approximate surface area is 170 Å². The molecule has 152 valence electrons. The highest BCUT2D eigenvalue weighted by molar-refractivity contribution is 7.85. The van der Waals surface area contributed by atoms with E-state index in [2.05, 4.69) is 24.5 Å². The topological polar surface area (TPSA) is 59.6 Å². The van der Waals surface area contributed by atoms with Gasteiger partial charge in [-0.15, -0.1) is 0 Å². The molecule has 2 N–H and O–H groups in total. The minimum atomic E-state index is -1.17. The Morgan fingerprint density at radius 1 is 0.786 bits per heavy atom. The van der Waals surface area contributed by atoms with Crippen molar-refractivity contribution < 1.29 is 13.7 Å². The molecule has 6 heteroatoms. The molecule has 0 bridgehead atoms. The molecule has 2 aromatic carbocycles. The van der Waals surface area contributed by atoms with E-state index in [0.29, 0.717) is 13.2 Å². The van der Waals surface area contributed by atoms with Crippen LogP contribution < -0.4 is 20.1 Å². The summed E-state index contributed by atoms with van der Waals surface area (Å²) in [5.41, 5.74) is 2.00. The van der Waals surface area contributed by atoms with Gasteiger partial charge < -0.3 is 20.1 Å². The highest BCUT2D eigenvalue weighted by atomic mass is 32.2. The first-order valence-electron chi connectivity index (χ1n) is 10.1. The Balaban J connectivity index is 1.64. The lowest BCUT2D eigenvalue weighted by molar-refractivity contribution is 0.308. The van der Waals surface area contributed by atoms with E-state index >= 15 is 0 Å². The van der Waals surface area contributed by atoms with Crippen LogP contribution in [0.2, 0.25) is 0 Å². The summed E-state index contributed by atoms with van der Waals surface area (Å²) in [5, 5.41) is 6.57. The molecule has 0 spiro atoms. The van der Waals surface area contributed by atoms with E-state index in [1.807, 2.05) is 36.4 Å². The monoisotopic (exact) mass is 402 g/mol. The molecule has 1 unspecified atom stereocenters. The SMILES string of the molecule is CCNCCCOc1ccc2c(c1)-c1ccc(OCCCNCC)cc1S2=O. The summed E-state index contributed by atoms with van der Waals surface area (Å²) in [4.78, 5) is 1.67. The van der Waals surface area contributed by atoms with E-state index in [0.717, 1.165) is 71.4 Å². The fourth-order valence-electron chi connectivity index (χ4n) is 3.19. The zero-order valence-corrected chi connectivity index (χ0v) is 17.6. The van der Waals surface area contributed by atoms with Crippen LogP contribution in [0.5, 0.6) is 11.5 Å². The minimum absolute atomic E-state index is 0.649. The fourth-order valence-corrected chi connectivity index (χ4v) is 4.58. The number of ether oxygens (including phenoxy) is 2. The molecule has 28 heavy (non-hydrogen) atoms. The van der Waals surface area contributed by atoms with Crippen LogP contribution in [-0.2, 0) is 10.8 Å². The molecule has 0 saturated heterocycles. The smallest absolute Gasteiger partial charge is 0.120 e. The number of hydrogen-bond acceptors (Lipinski definition) is 5. The van der Waals surface area contributed by atoms with Gasteiger partial charge in [-0.05, 0) is 81.0 Å². The molecule has 2 aromatic rings. The van der Waals surface area contributed by atoms with Gasteiger partial charge in [-0.25, -0.2) is 4.21 Å². The van der Waals surface area contributed by atoms with Crippen molar-refractivity contribution in [3.05, 3.63) is 36.4 Å². The summed E-state index contributed by atoms with van der Waals surface area (Å²) in [6.45, 7) is 9.34. The van der Waals surface area contributed by atoms with Crippen molar-refractivity contribution in [3.63, 3.8) is 0 Å². The number of hydrogen-bond donors (Lipinski definition) is 2. The van der Waals surface area contributed by atoms with E-state index in [4.69, 9.17) is 9.47 Å². The number of nitrogens with one attached hydrogen (secondary N) is 2. The van der Waals surface area contributed by atoms with Gasteiger partial charge >= 0.3 is 0 Å². The Morgan fingerprint density at radius 3 is 2.04 bits per heavy atom. The average molecular weight is 403 g/mol. The van der Waals surface area contributed by atoms with Gasteiger partial charge in [-0.2, -0.15) is 0 Å². The first-order chi connectivity index (χ1) is 13.7. The maximum atomic E-state index is 12.9. The third-order valence-electron chi connectivity index (χ3n) is 4.63. The molecule has 0 aliphatic carbocycles. The summed E-state index contributed by atoms with van der Waals surface area (Å²) >= 11 is 0. The van der Waals surface area contributed by atoms with Crippen LogP contribution in [0.1, 0.15) is 26.7 Å². The van der Waals surface area contributed by atoms with E-state index < -0.39 is 10.8 Å². The molecule has 0 saturated carbocycles. The molecule has 1 atom stereocenters. The van der Waals surface area contributed by atoms with E-state index in [1.165, 1.54) is 0 Å². The number of benzene rings is 2. The standard InChI is InChI=1S/C22H30N2O3S/c1-3-23-11-5-13-26-17-8-10-21-20(15-17)19-9-7-18(16-22(19)28(21)25)27-14-6-12-24-4-2/h7-10,15-16,23-24H,3-6,11-14H2,1-2H3. The Kier molecular flexibility index (Phi) is 7.89. The molecule has 0 aromatic heterocycles. The molecule has 0 radical (unpaired) electrons. The van der Waals surface area contributed by atoms with Gasteiger partial charge in [-0.3, -0.25) is 0 Å². The van der Waals surface area contributed by atoms with Crippen molar-refractivity contribution in [2.45, 2.75) is 36.5 Å². The van der Waals surface area contributed by atoms with Gasteiger partial charge in [0.1, 0.15) is 11.5 Å². The first kappa shape index (κ1) is 20.8. The Morgan fingerprint density at radius 2 is 1.39 bits per heavy atom. The zero-order chi connectivity index (χ0) is 19.8. The molecule has 0 amide bonds. The minimum Gasteiger partial charge on any atom is -0.494 e. The molecule has 1 aliphatic rings. The molecule has 5 nitrogen and oxygen atoms in total. The van der Waals surface area contributed by atoms with Crippen LogP contribution in [-0.4, -0.2) is 43.6 Å². The Hall–Kier alpha value is -1.89. The van der Waals surface area contributed by atoms with Crippen LogP contribution in [0.4, 0.5) is 0 Å². The maximum absolute atomic E-state index is 12.9. The van der Waals surface area contributed by atoms with Crippen molar-refractivity contribution in [2.24, 2.45) is 0 Å². The van der Waals surface area contributed by atoms with Crippen molar-refractivity contribution in [1.82, 2.24) is 10.6 Å². The quantitative estimate of drug-likeness (QED) is 0.454. The van der Waals surface area contributed by atoms with Crippen molar-refractivity contribution in [3.8, 4) is 22.6 Å². The van der Waals surface area contributed by atoms with Gasteiger partial charge in [0.2, 0.25) is 0 Å².